The molecule has 0 bridgehead atoms. The smallest absolute Gasteiger partial charge is 0.258 e. The average Bonchev–Trinajstić information content (AvgIpc) is 3.08. The minimum absolute atomic E-state index is 0.120. The summed E-state index contributed by atoms with van der Waals surface area (Å²) in [4.78, 5) is 26.6. The number of methoxy groups -OCH3 is 1. The number of nitrogens with zero attached hydrogens (tertiary/aromatic N) is 1. The van der Waals surface area contributed by atoms with Crippen LogP contribution in [0.1, 0.15) is 45.0 Å². The summed E-state index contributed by atoms with van der Waals surface area (Å²) in [5, 5.41) is 0. The number of benzene rings is 2. The second kappa shape index (κ2) is 8.71. The van der Waals surface area contributed by atoms with Crippen LogP contribution in [-0.2, 0) is 14.3 Å². The van der Waals surface area contributed by atoms with E-state index in [2.05, 4.69) is 0 Å². The number of ether oxygens (including phenoxy) is 3. The number of carbonyl (C=O) groups excluding carboxylic acids is 2. The summed E-state index contributed by atoms with van der Waals surface area (Å²) in [6, 6.07) is 14.7. The molecular formula is C24H27NO5. The molecule has 0 saturated carbocycles. The van der Waals surface area contributed by atoms with E-state index in [4.69, 9.17) is 14.2 Å². The molecule has 0 radical (unpaired) electrons. The van der Waals surface area contributed by atoms with E-state index < -0.39 is 11.8 Å². The normalized spacial score (nSPS) is 17.2. The molecule has 158 valence electrons. The summed E-state index contributed by atoms with van der Waals surface area (Å²) in [7, 11) is 1.58. The van der Waals surface area contributed by atoms with Crippen molar-refractivity contribution in [2.75, 3.05) is 13.7 Å². The zero-order valence-electron chi connectivity index (χ0n) is 18.0. The topological polar surface area (TPSA) is 65.1 Å². The summed E-state index contributed by atoms with van der Waals surface area (Å²) in [5.74, 6) is 0.452. The Bertz CT molecular complexity index is 959. The molecule has 1 aliphatic rings. The highest BCUT2D eigenvalue weighted by Gasteiger charge is 2.38. The molecule has 2 amide bonds. The molecule has 30 heavy (non-hydrogen) atoms. The lowest BCUT2D eigenvalue weighted by atomic mass is 10.1. The van der Waals surface area contributed by atoms with Gasteiger partial charge in [0.2, 0.25) is 0 Å². The number of hydrogen-bond acceptors (Lipinski definition) is 5. The Morgan fingerprint density at radius 2 is 1.83 bits per heavy atom. The maximum atomic E-state index is 13.1. The van der Waals surface area contributed by atoms with Gasteiger partial charge in [0.25, 0.3) is 11.8 Å². The highest BCUT2D eigenvalue weighted by Crippen LogP contribution is 2.33. The molecule has 0 aromatic heterocycles. The van der Waals surface area contributed by atoms with Gasteiger partial charge in [-0.2, -0.15) is 0 Å². The van der Waals surface area contributed by atoms with Crippen molar-refractivity contribution in [1.29, 1.82) is 0 Å². The summed E-state index contributed by atoms with van der Waals surface area (Å²) in [6.07, 6.45) is 1.01. The van der Waals surface area contributed by atoms with Crippen molar-refractivity contribution in [1.82, 2.24) is 4.90 Å². The molecule has 0 aliphatic carbocycles. The summed E-state index contributed by atoms with van der Waals surface area (Å²) in [6.45, 7) is 7.42. The maximum Gasteiger partial charge on any atom is 0.258 e. The highest BCUT2D eigenvalue weighted by atomic mass is 16.5. The lowest BCUT2D eigenvalue weighted by Crippen LogP contribution is -2.35. The molecule has 1 heterocycles. The van der Waals surface area contributed by atoms with Gasteiger partial charge < -0.3 is 14.2 Å². The minimum Gasteiger partial charge on any atom is -0.493 e. The number of imide groups is 1. The molecule has 1 fully saturated rings. The van der Waals surface area contributed by atoms with Gasteiger partial charge in [0.05, 0.1) is 7.11 Å². The molecule has 0 spiro atoms. The molecule has 1 atom stereocenters. The van der Waals surface area contributed by atoms with Crippen LogP contribution in [0.15, 0.2) is 54.1 Å². The Morgan fingerprint density at radius 1 is 1.13 bits per heavy atom. The van der Waals surface area contributed by atoms with Gasteiger partial charge in [0, 0.05) is 11.1 Å². The quantitative estimate of drug-likeness (QED) is 0.687. The first-order valence-electron chi connectivity index (χ1n) is 9.78. The standard InChI is InChI=1S/C24H27NO5/c1-16(13-17-11-12-19(28-5)20(14-17)30-24(2,3)4)22(27)25-21(26)15-29-23(25)18-9-7-6-8-10-18/h6-14,23H,15H2,1-5H3/b16-13+. The van der Waals surface area contributed by atoms with E-state index in [1.165, 1.54) is 4.90 Å². The predicted molar refractivity (Wildman–Crippen MR) is 114 cm³/mol. The van der Waals surface area contributed by atoms with E-state index in [-0.39, 0.29) is 18.4 Å². The SMILES string of the molecule is COc1ccc(/C=C(\C)C(=O)N2C(=O)COC2c2ccccc2)cc1OC(C)(C)C. The molecule has 1 unspecified atom stereocenters. The Kier molecular flexibility index (Phi) is 6.27. The Balaban J connectivity index is 1.88. The maximum absolute atomic E-state index is 13.1. The van der Waals surface area contributed by atoms with Gasteiger partial charge in [0.1, 0.15) is 12.2 Å². The van der Waals surface area contributed by atoms with Gasteiger partial charge >= 0.3 is 0 Å². The molecule has 2 aromatic carbocycles. The van der Waals surface area contributed by atoms with Crippen LogP contribution >= 0.6 is 0 Å². The van der Waals surface area contributed by atoms with Gasteiger partial charge in [0.15, 0.2) is 17.7 Å². The molecule has 6 nitrogen and oxygen atoms in total. The fraction of sp³-hybridized carbons (Fsp3) is 0.333. The Hall–Kier alpha value is -3.12. The lowest BCUT2D eigenvalue weighted by molar-refractivity contribution is -0.142. The van der Waals surface area contributed by atoms with Crippen molar-refractivity contribution in [2.45, 2.75) is 39.5 Å². The van der Waals surface area contributed by atoms with E-state index in [0.717, 1.165) is 11.1 Å². The van der Waals surface area contributed by atoms with Crippen LogP contribution in [0.5, 0.6) is 11.5 Å². The fourth-order valence-corrected chi connectivity index (χ4v) is 3.20. The lowest BCUT2D eigenvalue weighted by Gasteiger charge is -2.23. The average molecular weight is 409 g/mol. The second-order valence-electron chi connectivity index (χ2n) is 8.10. The summed E-state index contributed by atoms with van der Waals surface area (Å²) in [5.41, 5.74) is 1.55. The molecule has 1 aliphatic heterocycles. The molecule has 0 N–H and O–H groups in total. The van der Waals surface area contributed by atoms with Crippen molar-refractivity contribution in [3.05, 3.63) is 65.2 Å². The fourth-order valence-electron chi connectivity index (χ4n) is 3.20. The molecule has 3 rings (SSSR count). The molecule has 6 heteroatoms. The van der Waals surface area contributed by atoms with Crippen molar-refractivity contribution in [3.8, 4) is 11.5 Å². The van der Waals surface area contributed by atoms with Crippen LogP contribution in [0.2, 0.25) is 0 Å². The van der Waals surface area contributed by atoms with Gasteiger partial charge in [-0.15, -0.1) is 0 Å². The summed E-state index contributed by atoms with van der Waals surface area (Å²) < 4.78 is 16.9. The Labute approximate surface area is 177 Å². The van der Waals surface area contributed by atoms with Crippen molar-refractivity contribution >= 4 is 17.9 Å². The molecule has 1 saturated heterocycles. The molecular weight excluding hydrogens is 382 g/mol. The van der Waals surface area contributed by atoms with E-state index in [1.807, 2.05) is 63.2 Å². The van der Waals surface area contributed by atoms with Crippen LogP contribution in [0.25, 0.3) is 6.08 Å². The van der Waals surface area contributed by atoms with Crippen LogP contribution in [0.4, 0.5) is 0 Å². The van der Waals surface area contributed by atoms with E-state index in [0.29, 0.717) is 17.1 Å². The zero-order valence-corrected chi connectivity index (χ0v) is 18.0. The van der Waals surface area contributed by atoms with Crippen LogP contribution in [0, 0.1) is 0 Å². The van der Waals surface area contributed by atoms with Crippen molar-refractivity contribution in [3.63, 3.8) is 0 Å². The predicted octanol–water partition coefficient (Wildman–Crippen LogP) is 4.36. The van der Waals surface area contributed by atoms with Gasteiger partial charge in [-0.3, -0.25) is 9.59 Å². The third kappa shape index (κ3) is 4.89. The van der Waals surface area contributed by atoms with Crippen molar-refractivity contribution in [2.24, 2.45) is 0 Å². The molecule has 2 aromatic rings. The zero-order chi connectivity index (χ0) is 21.9. The minimum atomic E-state index is -0.717. The Morgan fingerprint density at radius 3 is 2.47 bits per heavy atom. The first kappa shape index (κ1) is 21.6. The van der Waals surface area contributed by atoms with E-state index in [9.17, 15) is 9.59 Å². The van der Waals surface area contributed by atoms with Crippen LogP contribution in [0.3, 0.4) is 0 Å². The second-order valence-corrected chi connectivity index (χ2v) is 8.10. The first-order chi connectivity index (χ1) is 14.2. The first-order valence-corrected chi connectivity index (χ1v) is 9.78. The number of amides is 2. The van der Waals surface area contributed by atoms with Gasteiger partial charge in [-0.25, -0.2) is 4.90 Å². The largest absolute Gasteiger partial charge is 0.493 e. The van der Waals surface area contributed by atoms with E-state index >= 15 is 0 Å². The number of rotatable bonds is 5. The third-order valence-corrected chi connectivity index (χ3v) is 4.50. The number of carbonyl (C=O) groups is 2. The van der Waals surface area contributed by atoms with Gasteiger partial charge in [-0.05, 0) is 51.5 Å². The van der Waals surface area contributed by atoms with E-state index in [1.54, 1.807) is 26.2 Å². The number of hydrogen-bond donors (Lipinski definition) is 0. The van der Waals surface area contributed by atoms with Crippen LogP contribution < -0.4 is 9.47 Å². The monoisotopic (exact) mass is 409 g/mol. The summed E-state index contributed by atoms with van der Waals surface area (Å²) >= 11 is 0. The third-order valence-electron chi connectivity index (χ3n) is 4.50. The van der Waals surface area contributed by atoms with Crippen molar-refractivity contribution < 1.29 is 23.8 Å². The highest BCUT2D eigenvalue weighted by molar-refractivity contribution is 6.07. The van der Waals surface area contributed by atoms with Gasteiger partial charge in [-0.1, -0.05) is 36.4 Å². The van der Waals surface area contributed by atoms with Crippen LogP contribution in [-0.4, -0.2) is 36.0 Å².